The molecule has 0 amide bonds. The van der Waals surface area contributed by atoms with E-state index in [1.165, 1.54) is 12.1 Å². The van der Waals surface area contributed by atoms with Crippen molar-refractivity contribution in [3.8, 4) is 5.75 Å². The predicted molar refractivity (Wildman–Crippen MR) is 96.2 cm³/mol. The Morgan fingerprint density at radius 3 is 2.62 bits per heavy atom. The van der Waals surface area contributed by atoms with Gasteiger partial charge in [0.25, 0.3) is 0 Å². The first kappa shape index (κ1) is 20.3. The topological polar surface area (TPSA) is 41.9 Å². The fourth-order valence-electron chi connectivity index (χ4n) is 2.60. The van der Waals surface area contributed by atoms with Gasteiger partial charge in [0.15, 0.2) is 0 Å². The lowest BCUT2D eigenvalue weighted by Crippen LogP contribution is -2.37. The lowest BCUT2D eigenvalue weighted by atomic mass is 10.2. The number of para-hydroxylation sites is 1. The number of nitrogens with zero attached hydrogens (tertiary/aromatic N) is 1. The number of hydrogen-bond acceptors (Lipinski definition) is 4. The van der Waals surface area contributed by atoms with Crippen molar-refractivity contribution in [2.45, 2.75) is 19.6 Å². The van der Waals surface area contributed by atoms with Crippen molar-refractivity contribution in [1.82, 2.24) is 4.90 Å². The highest BCUT2D eigenvalue weighted by Crippen LogP contribution is 2.17. The first-order valence-electron chi connectivity index (χ1n) is 8.51. The fourth-order valence-corrected chi connectivity index (χ4v) is 2.60. The molecule has 2 aromatic rings. The van der Waals surface area contributed by atoms with Crippen LogP contribution in [0.2, 0.25) is 0 Å². The molecule has 0 heterocycles. The summed E-state index contributed by atoms with van der Waals surface area (Å²) in [6.07, 6.45) is -0.755. The molecule has 0 aliphatic carbocycles. The van der Waals surface area contributed by atoms with Gasteiger partial charge in [0.2, 0.25) is 0 Å². The molecule has 0 spiro atoms. The number of aryl methyl sites for hydroxylation is 1. The van der Waals surface area contributed by atoms with Crippen molar-refractivity contribution < 1.29 is 23.4 Å². The molecule has 0 aliphatic rings. The second-order valence-electron chi connectivity index (χ2n) is 6.19. The number of benzene rings is 2. The van der Waals surface area contributed by atoms with E-state index >= 15 is 0 Å². The van der Waals surface area contributed by atoms with Crippen LogP contribution in [0.3, 0.4) is 0 Å². The fraction of sp³-hybridized carbons (Fsp3) is 0.400. The smallest absolute Gasteiger partial charge is 0.130 e. The van der Waals surface area contributed by atoms with Crippen molar-refractivity contribution in [3.63, 3.8) is 0 Å². The van der Waals surface area contributed by atoms with Gasteiger partial charge < -0.3 is 14.6 Å². The molecule has 2 aromatic carbocycles. The summed E-state index contributed by atoms with van der Waals surface area (Å²) in [6, 6.07) is 11.1. The van der Waals surface area contributed by atoms with Crippen molar-refractivity contribution >= 4 is 0 Å². The third kappa shape index (κ3) is 6.37. The third-order valence-corrected chi connectivity index (χ3v) is 4.01. The summed E-state index contributed by atoms with van der Waals surface area (Å²) in [7, 11) is 1.58. The molecule has 0 saturated heterocycles. The molecule has 6 heteroatoms. The first-order valence-corrected chi connectivity index (χ1v) is 8.51. The number of aliphatic hydroxyl groups is 1. The predicted octanol–water partition coefficient (Wildman–Crippen LogP) is 3.16. The molecular formula is C20H25F2NO3. The van der Waals surface area contributed by atoms with E-state index in [0.29, 0.717) is 18.7 Å². The number of methoxy groups -OCH3 is 1. The molecule has 26 heavy (non-hydrogen) atoms. The Bertz CT molecular complexity index is 697. The second-order valence-corrected chi connectivity index (χ2v) is 6.19. The lowest BCUT2D eigenvalue weighted by molar-refractivity contribution is 0.0536. The number of aliphatic hydroxyl groups excluding tert-OH is 1. The third-order valence-electron chi connectivity index (χ3n) is 4.01. The molecular weight excluding hydrogens is 340 g/mol. The minimum Gasteiger partial charge on any atom is -0.491 e. The highest BCUT2D eigenvalue weighted by molar-refractivity contribution is 5.31. The molecule has 0 aliphatic heterocycles. The van der Waals surface area contributed by atoms with Gasteiger partial charge in [-0.05, 0) is 24.6 Å². The van der Waals surface area contributed by atoms with Gasteiger partial charge in [-0.25, -0.2) is 8.78 Å². The van der Waals surface area contributed by atoms with Crippen molar-refractivity contribution in [1.29, 1.82) is 0 Å². The highest BCUT2D eigenvalue weighted by atomic mass is 19.1. The standard InChI is InChI=1S/C20H25F2NO3/c1-15-5-3-4-6-20(15)26-14-18(24)13-23(9-10-25-2)12-16-7-8-17(21)11-19(16)22/h3-8,11,18,24H,9-10,12-14H2,1-2H3. The average molecular weight is 365 g/mol. The van der Waals surface area contributed by atoms with Crippen LogP contribution in [0.1, 0.15) is 11.1 Å². The summed E-state index contributed by atoms with van der Waals surface area (Å²) >= 11 is 0. The first-order chi connectivity index (χ1) is 12.5. The molecule has 0 bridgehead atoms. The molecule has 1 atom stereocenters. The SMILES string of the molecule is COCCN(Cc1ccc(F)cc1F)CC(O)COc1ccccc1C. The Morgan fingerprint density at radius 1 is 1.15 bits per heavy atom. The van der Waals surface area contributed by atoms with E-state index < -0.39 is 17.7 Å². The van der Waals surface area contributed by atoms with Crippen LogP contribution in [-0.2, 0) is 11.3 Å². The van der Waals surface area contributed by atoms with Gasteiger partial charge in [-0.3, -0.25) is 4.90 Å². The van der Waals surface area contributed by atoms with Crippen LogP contribution in [0.5, 0.6) is 5.75 Å². The van der Waals surface area contributed by atoms with Crippen LogP contribution in [0.15, 0.2) is 42.5 Å². The molecule has 1 unspecified atom stereocenters. The second kappa shape index (κ2) is 10.2. The lowest BCUT2D eigenvalue weighted by Gasteiger charge is -2.25. The molecule has 142 valence electrons. The Labute approximate surface area is 153 Å². The quantitative estimate of drug-likeness (QED) is 0.702. The molecule has 0 aromatic heterocycles. The maximum absolute atomic E-state index is 13.9. The summed E-state index contributed by atoms with van der Waals surface area (Å²) < 4.78 is 37.7. The van der Waals surface area contributed by atoms with Gasteiger partial charge in [-0.2, -0.15) is 0 Å². The zero-order valence-electron chi connectivity index (χ0n) is 15.1. The number of ether oxygens (including phenoxy) is 2. The summed E-state index contributed by atoms with van der Waals surface area (Å²) in [5, 5.41) is 10.3. The normalized spacial score (nSPS) is 12.4. The van der Waals surface area contributed by atoms with Gasteiger partial charge in [-0.15, -0.1) is 0 Å². The zero-order chi connectivity index (χ0) is 18.9. The minimum absolute atomic E-state index is 0.125. The number of rotatable bonds is 10. The van der Waals surface area contributed by atoms with E-state index in [1.807, 2.05) is 36.1 Å². The van der Waals surface area contributed by atoms with E-state index in [9.17, 15) is 13.9 Å². The Kier molecular flexibility index (Phi) is 7.97. The van der Waals surface area contributed by atoms with Gasteiger partial charge in [-0.1, -0.05) is 24.3 Å². The van der Waals surface area contributed by atoms with Gasteiger partial charge in [0.1, 0.15) is 30.1 Å². The Morgan fingerprint density at radius 2 is 1.92 bits per heavy atom. The van der Waals surface area contributed by atoms with Crippen LogP contribution >= 0.6 is 0 Å². The van der Waals surface area contributed by atoms with Crippen molar-refractivity contribution in [2.75, 3.05) is 33.4 Å². The summed E-state index contributed by atoms with van der Waals surface area (Å²) in [4.78, 5) is 1.85. The summed E-state index contributed by atoms with van der Waals surface area (Å²) in [5.41, 5.74) is 1.36. The molecule has 2 rings (SSSR count). The van der Waals surface area contributed by atoms with E-state index in [2.05, 4.69) is 0 Å². The van der Waals surface area contributed by atoms with Crippen molar-refractivity contribution in [3.05, 3.63) is 65.2 Å². The van der Waals surface area contributed by atoms with E-state index in [1.54, 1.807) is 7.11 Å². The molecule has 4 nitrogen and oxygen atoms in total. The highest BCUT2D eigenvalue weighted by Gasteiger charge is 2.15. The van der Waals surface area contributed by atoms with E-state index in [-0.39, 0.29) is 19.7 Å². The molecule has 0 radical (unpaired) electrons. The molecule has 0 saturated carbocycles. The monoisotopic (exact) mass is 365 g/mol. The largest absolute Gasteiger partial charge is 0.491 e. The summed E-state index contributed by atoms with van der Waals surface area (Å²) in [5.74, 6) is -0.487. The van der Waals surface area contributed by atoms with Crippen LogP contribution in [0, 0.1) is 18.6 Å². The van der Waals surface area contributed by atoms with Crippen LogP contribution in [0.25, 0.3) is 0 Å². The van der Waals surface area contributed by atoms with Crippen molar-refractivity contribution in [2.24, 2.45) is 0 Å². The number of hydrogen-bond donors (Lipinski definition) is 1. The van der Waals surface area contributed by atoms with Crippen LogP contribution in [-0.4, -0.2) is 49.5 Å². The van der Waals surface area contributed by atoms with Gasteiger partial charge in [0, 0.05) is 38.4 Å². The minimum atomic E-state index is -0.755. The Balaban J connectivity index is 1.94. The van der Waals surface area contributed by atoms with Gasteiger partial charge in [0.05, 0.1) is 6.61 Å². The molecule has 0 fully saturated rings. The molecule has 1 N–H and O–H groups in total. The zero-order valence-corrected chi connectivity index (χ0v) is 15.1. The van der Waals surface area contributed by atoms with Gasteiger partial charge >= 0.3 is 0 Å². The maximum atomic E-state index is 13.9. The number of halogens is 2. The van der Waals surface area contributed by atoms with E-state index in [4.69, 9.17) is 9.47 Å². The average Bonchev–Trinajstić information content (AvgIpc) is 2.61. The maximum Gasteiger partial charge on any atom is 0.130 e. The summed E-state index contributed by atoms with van der Waals surface area (Å²) in [6.45, 7) is 3.54. The van der Waals surface area contributed by atoms with Crippen LogP contribution in [0.4, 0.5) is 8.78 Å². The Hall–Kier alpha value is -2.02. The van der Waals surface area contributed by atoms with Crippen LogP contribution < -0.4 is 4.74 Å². The van der Waals surface area contributed by atoms with E-state index in [0.717, 1.165) is 17.4 Å².